The van der Waals surface area contributed by atoms with Crippen LogP contribution in [-0.4, -0.2) is 44.9 Å². The minimum Gasteiger partial charge on any atom is -0.492 e. The highest BCUT2D eigenvalue weighted by Crippen LogP contribution is 2.27. The van der Waals surface area contributed by atoms with Crippen molar-refractivity contribution >= 4 is 27.3 Å². The van der Waals surface area contributed by atoms with Gasteiger partial charge in [0.05, 0.1) is 13.0 Å². The lowest BCUT2D eigenvalue weighted by Gasteiger charge is -2.13. The number of carbonyl (C=O) groups is 1. The Kier molecular flexibility index (Phi) is 6.29. The molecule has 26 heavy (non-hydrogen) atoms. The molecule has 1 fully saturated rings. The van der Waals surface area contributed by atoms with Crippen molar-refractivity contribution in [1.29, 1.82) is 0 Å². The van der Waals surface area contributed by atoms with Crippen LogP contribution in [0.3, 0.4) is 0 Å². The summed E-state index contributed by atoms with van der Waals surface area (Å²) in [6.45, 7) is 1.95. The molecule has 0 spiro atoms. The monoisotopic (exact) mass is 394 g/mol. The van der Waals surface area contributed by atoms with Gasteiger partial charge in [0.15, 0.2) is 0 Å². The summed E-state index contributed by atoms with van der Waals surface area (Å²) in [5.74, 6) is 0.616. The van der Waals surface area contributed by atoms with Crippen LogP contribution in [0.5, 0.6) is 5.75 Å². The van der Waals surface area contributed by atoms with Gasteiger partial charge in [0, 0.05) is 18.0 Å². The van der Waals surface area contributed by atoms with Crippen molar-refractivity contribution < 1.29 is 17.9 Å². The molecule has 1 amide bonds. The predicted molar refractivity (Wildman–Crippen MR) is 101 cm³/mol. The number of amides is 1. The maximum atomic E-state index is 12.5. The quantitative estimate of drug-likeness (QED) is 0.697. The number of thiophene rings is 1. The van der Waals surface area contributed by atoms with Gasteiger partial charge in [-0.05, 0) is 37.1 Å². The van der Waals surface area contributed by atoms with E-state index in [9.17, 15) is 13.2 Å². The first-order valence-electron chi connectivity index (χ1n) is 8.59. The molecule has 1 saturated heterocycles. The molecule has 0 bridgehead atoms. The molecule has 8 heteroatoms. The molecule has 3 rings (SSSR count). The van der Waals surface area contributed by atoms with Crippen LogP contribution in [-0.2, 0) is 21.2 Å². The smallest absolute Gasteiger partial charge is 0.252 e. The van der Waals surface area contributed by atoms with Gasteiger partial charge in [0.1, 0.15) is 16.6 Å². The van der Waals surface area contributed by atoms with Gasteiger partial charge in [-0.1, -0.05) is 18.2 Å². The molecule has 1 N–H and O–H groups in total. The van der Waals surface area contributed by atoms with Crippen molar-refractivity contribution in [3.63, 3.8) is 0 Å². The van der Waals surface area contributed by atoms with E-state index >= 15 is 0 Å². The van der Waals surface area contributed by atoms with Crippen LogP contribution in [0.4, 0.5) is 0 Å². The summed E-state index contributed by atoms with van der Waals surface area (Å²) in [6, 6.07) is 12.7. The fraction of sp³-hybridized carbons (Fsp3) is 0.389. The van der Waals surface area contributed by atoms with Gasteiger partial charge >= 0.3 is 0 Å². The van der Waals surface area contributed by atoms with Crippen molar-refractivity contribution in [3.05, 3.63) is 47.3 Å². The second kappa shape index (κ2) is 8.66. The minimum absolute atomic E-state index is 0.145. The number of hydrogen-bond donors (Lipinski definition) is 1. The van der Waals surface area contributed by atoms with Crippen molar-refractivity contribution in [2.45, 2.75) is 23.5 Å². The Balaban J connectivity index is 1.45. The van der Waals surface area contributed by atoms with E-state index in [1.807, 2.05) is 30.3 Å². The number of nitrogens with one attached hydrogen (secondary N) is 1. The SMILES string of the molecule is O=C(Cc1ccc(S(=O)(=O)N2CCCC2)s1)NCCOc1ccccc1. The van der Waals surface area contributed by atoms with Crippen molar-refractivity contribution in [1.82, 2.24) is 9.62 Å². The summed E-state index contributed by atoms with van der Waals surface area (Å²) < 4.78 is 32.3. The summed E-state index contributed by atoms with van der Waals surface area (Å²) in [6.07, 6.45) is 1.99. The van der Waals surface area contributed by atoms with E-state index in [1.54, 1.807) is 12.1 Å². The molecule has 0 atom stereocenters. The van der Waals surface area contributed by atoms with E-state index in [-0.39, 0.29) is 12.3 Å². The van der Waals surface area contributed by atoms with Gasteiger partial charge < -0.3 is 10.1 Å². The largest absolute Gasteiger partial charge is 0.492 e. The molecule has 1 aliphatic heterocycles. The van der Waals surface area contributed by atoms with E-state index in [1.165, 1.54) is 15.6 Å². The topological polar surface area (TPSA) is 75.7 Å². The van der Waals surface area contributed by atoms with Crippen LogP contribution in [0.25, 0.3) is 0 Å². The number of benzene rings is 1. The van der Waals surface area contributed by atoms with Gasteiger partial charge in [0.25, 0.3) is 10.0 Å². The molecule has 1 aromatic carbocycles. The van der Waals surface area contributed by atoms with E-state index in [4.69, 9.17) is 4.74 Å². The molecular weight excluding hydrogens is 372 g/mol. The van der Waals surface area contributed by atoms with Gasteiger partial charge in [-0.2, -0.15) is 4.31 Å². The van der Waals surface area contributed by atoms with E-state index in [0.717, 1.165) is 23.5 Å². The standard InChI is InChI=1S/C18H22N2O4S2/c21-17(19-10-13-24-15-6-2-1-3-7-15)14-16-8-9-18(25-16)26(22,23)20-11-4-5-12-20/h1-3,6-9H,4-5,10-14H2,(H,19,21). The van der Waals surface area contributed by atoms with E-state index in [2.05, 4.69) is 5.32 Å². The van der Waals surface area contributed by atoms with Crippen LogP contribution in [0.15, 0.2) is 46.7 Å². The normalized spacial score (nSPS) is 15.1. The summed E-state index contributed by atoms with van der Waals surface area (Å²) in [4.78, 5) is 12.8. The molecule has 1 aliphatic rings. The fourth-order valence-corrected chi connectivity index (χ4v) is 5.77. The Morgan fingerprint density at radius 2 is 1.85 bits per heavy atom. The maximum Gasteiger partial charge on any atom is 0.252 e. The Hall–Kier alpha value is -1.90. The van der Waals surface area contributed by atoms with Crippen LogP contribution in [0, 0.1) is 0 Å². The molecule has 0 aliphatic carbocycles. The average molecular weight is 395 g/mol. The molecular formula is C18H22N2O4S2. The molecule has 2 aromatic rings. The van der Waals surface area contributed by atoms with Crippen molar-refractivity contribution in [3.8, 4) is 5.75 Å². The average Bonchev–Trinajstić information content (AvgIpc) is 3.32. The van der Waals surface area contributed by atoms with Crippen molar-refractivity contribution in [2.75, 3.05) is 26.2 Å². The van der Waals surface area contributed by atoms with Crippen LogP contribution >= 0.6 is 11.3 Å². The second-order valence-corrected chi connectivity index (χ2v) is 9.35. The van der Waals surface area contributed by atoms with Crippen LogP contribution in [0.2, 0.25) is 0 Å². The lowest BCUT2D eigenvalue weighted by Crippen LogP contribution is -2.29. The van der Waals surface area contributed by atoms with E-state index in [0.29, 0.717) is 30.5 Å². The van der Waals surface area contributed by atoms with Gasteiger partial charge in [-0.25, -0.2) is 8.42 Å². The Labute approximate surface area is 157 Å². The van der Waals surface area contributed by atoms with Gasteiger partial charge in [-0.3, -0.25) is 4.79 Å². The number of para-hydroxylation sites is 1. The number of sulfonamides is 1. The third-order valence-electron chi connectivity index (χ3n) is 4.07. The first-order valence-corrected chi connectivity index (χ1v) is 10.8. The molecule has 0 unspecified atom stereocenters. The molecule has 2 heterocycles. The fourth-order valence-electron chi connectivity index (χ4n) is 2.74. The molecule has 140 valence electrons. The predicted octanol–water partition coefficient (Wildman–Crippen LogP) is 2.27. The third kappa shape index (κ3) is 4.84. The number of hydrogen-bond acceptors (Lipinski definition) is 5. The zero-order valence-electron chi connectivity index (χ0n) is 14.4. The van der Waals surface area contributed by atoms with Gasteiger partial charge in [-0.15, -0.1) is 11.3 Å². The zero-order valence-corrected chi connectivity index (χ0v) is 16.0. The first-order chi connectivity index (χ1) is 12.6. The van der Waals surface area contributed by atoms with Crippen LogP contribution in [0.1, 0.15) is 17.7 Å². The summed E-state index contributed by atoms with van der Waals surface area (Å²) in [5, 5.41) is 2.79. The molecule has 1 aromatic heterocycles. The van der Waals surface area contributed by atoms with Crippen molar-refractivity contribution in [2.24, 2.45) is 0 Å². The molecule has 6 nitrogen and oxygen atoms in total. The molecule has 0 saturated carbocycles. The Morgan fingerprint density at radius 3 is 2.58 bits per heavy atom. The lowest BCUT2D eigenvalue weighted by molar-refractivity contribution is -0.120. The highest BCUT2D eigenvalue weighted by atomic mass is 32.2. The maximum absolute atomic E-state index is 12.5. The Morgan fingerprint density at radius 1 is 1.12 bits per heavy atom. The highest BCUT2D eigenvalue weighted by molar-refractivity contribution is 7.91. The minimum atomic E-state index is -3.41. The number of ether oxygens (including phenoxy) is 1. The van der Waals surface area contributed by atoms with Crippen LogP contribution < -0.4 is 10.1 Å². The summed E-state index contributed by atoms with van der Waals surface area (Å²) in [7, 11) is -3.41. The second-order valence-electron chi connectivity index (χ2n) is 6.02. The molecule has 0 radical (unpaired) electrons. The lowest BCUT2D eigenvalue weighted by atomic mass is 10.3. The van der Waals surface area contributed by atoms with Gasteiger partial charge in [0.2, 0.25) is 5.91 Å². The number of rotatable bonds is 8. The summed E-state index contributed by atoms with van der Waals surface area (Å²) >= 11 is 1.17. The number of nitrogens with zero attached hydrogens (tertiary/aromatic N) is 1. The third-order valence-corrected chi connectivity index (χ3v) is 7.52. The first kappa shape index (κ1) is 18.9. The highest BCUT2D eigenvalue weighted by Gasteiger charge is 2.28. The number of carbonyl (C=O) groups excluding carboxylic acids is 1. The Bertz CT molecular complexity index is 828. The summed E-state index contributed by atoms with van der Waals surface area (Å²) in [5.41, 5.74) is 0. The zero-order chi connectivity index (χ0) is 18.4. The van der Waals surface area contributed by atoms with E-state index < -0.39 is 10.0 Å².